The molecule has 34 heavy (non-hydrogen) atoms. The average molecular weight is 496 g/mol. The first-order chi connectivity index (χ1) is 16.3. The molecule has 1 heterocycles. The number of hydrogen-bond donors (Lipinski definition) is 1. The van der Waals surface area contributed by atoms with E-state index in [1.807, 2.05) is 30.3 Å². The van der Waals surface area contributed by atoms with Gasteiger partial charge in [-0.2, -0.15) is 0 Å². The van der Waals surface area contributed by atoms with Crippen molar-refractivity contribution in [2.45, 2.75) is 25.3 Å². The highest BCUT2D eigenvalue weighted by atomic mass is 35.5. The Balaban J connectivity index is 1.72. The van der Waals surface area contributed by atoms with Crippen molar-refractivity contribution in [1.82, 2.24) is 5.16 Å². The van der Waals surface area contributed by atoms with E-state index in [4.69, 9.17) is 16.1 Å². The van der Waals surface area contributed by atoms with Gasteiger partial charge in [0, 0.05) is 5.56 Å². The summed E-state index contributed by atoms with van der Waals surface area (Å²) in [4.78, 5) is 12.8. The number of aryl methyl sites for hydroxylation is 2. The van der Waals surface area contributed by atoms with E-state index in [1.54, 1.807) is 44.2 Å². The molecule has 9 heteroatoms. The zero-order chi connectivity index (χ0) is 24.3. The van der Waals surface area contributed by atoms with Crippen LogP contribution in [0.25, 0.3) is 0 Å². The molecule has 0 aliphatic heterocycles. The molecule has 1 N–H and O–H groups in total. The zero-order valence-corrected chi connectivity index (χ0v) is 20.1. The molecule has 0 unspecified atom stereocenters. The minimum Gasteiger partial charge on any atom is -0.359 e. The Labute approximate surface area is 203 Å². The lowest BCUT2D eigenvalue weighted by atomic mass is 10.2. The third-order valence-corrected chi connectivity index (χ3v) is 7.32. The second-order valence-corrected chi connectivity index (χ2v) is 9.90. The fraction of sp³-hybridized carbons (Fsp3) is 0.120. The van der Waals surface area contributed by atoms with E-state index in [9.17, 15) is 13.2 Å². The molecule has 1 amide bonds. The van der Waals surface area contributed by atoms with Gasteiger partial charge in [0.25, 0.3) is 15.9 Å². The number of halogens is 1. The summed E-state index contributed by atoms with van der Waals surface area (Å²) in [6.07, 6.45) is 0. The average Bonchev–Trinajstić information content (AvgIpc) is 3.16. The number of hydrogen-bond acceptors (Lipinski definition) is 5. The van der Waals surface area contributed by atoms with Crippen LogP contribution in [0.5, 0.6) is 0 Å². The summed E-state index contributed by atoms with van der Waals surface area (Å²) in [6, 6.07) is 21.8. The number of benzene rings is 3. The van der Waals surface area contributed by atoms with Crippen LogP contribution in [-0.2, 0) is 16.6 Å². The summed E-state index contributed by atoms with van der Waals surface area (Å²) in [5.41, 5.74) is 2.30. The SMILES string of the molecule is Cc1noc(C)c1NC(=O)c1cccc(S(=O)(=O)N(Cc2ccccc2)c2ccccc2Cl)c1. The molecule has 174 valence electrons. The molecule has 0 atom stereocenters. The zero-order valence-electron chi connectivity index (χ0n) is 18.5. The van der Waals surface area contributed by atoms with Gasteiger partial charge >= 0.3 is 0 Å². The summed E-state index contributed by atoms with van der Waals surface area (Å²) in [5, 5.41) is 6.86. The normalized spacial score (nSPS) is 11.3. The van der Waals surface area contributed by atoms with Crippen LogP contribution in [0.3, 0.4) is 0 Å². The summed E-state index contributed by atoms with van der Waals surface area (Å²) < 4.78 is 33.9. The fourth-order valence-corrected chi connectivity index (χ4v) is 5.28. The first-order valence-electron chi connectivity index (χ1n) is 10.4. The van der Waals surface area contributed by atoms with Crippen LogP contribution in [0.15, 0.2) is 88.3 Å². The third kappa shape index (κ3) is 4.83. The van der Waals surface area contributed by atoms with Gasteiger partial charge in [-0.1, -0.05) is 65.3 Å². The molecule has 4 rings (SSSR count). The van der Waals surface area contributed by atoms with E-state index in [0.717, 1.165) is 5.56 Å². The van der Waals surface area contributed by atoms with Gasteiger partial charge in [-0.15, -0.1) is 0 Å². The highest BCUT2D eigenvalue weighted by molar-refractivity contribution is 7.92. The molecule has 1 aromatic heterocycles. The Kier molecular flexibility index (Phi) is 6.72. The van der Waals surface area contributed by atoms with Crippen LogP contribution >= 0.6 is 11.6 Å². The number of rotatable bonds is 7. The van der Waals surface area contributed by atoms with Gasteiger partial charge in [-0.3, -0.25) is 9.10 Å². The van der Waals surface area contributed by atoms with Gasteiger partial charge in [-0.25, -0.2) is 8.42 Å². The molecular weight excluding hydrogens is 474 g/mol. The molecule has 0 aliphatic rings. The number of nitrogens with zero attached hydrogens (tertiary/aromatic N) is 2. The third-order valence-electron chi connectivity index (χ3n) is 5.25. The predicted octanol–water partition coefficient (Wildman–Crippen LogP) is 5.59. The van der Waals surface area contributed by atoms with E-state index in [1.165, 1.54) is 22.5 Å². The largest absolute Gasteiger partial charge is 0.359 e. The van der Waals surface area contributed by atoms with Crippen molar-refractivity contribution in [3.8, 4) is 0 Å². The molecule has 0 saturated carbocycles. The second-order valence-electron chi connectivity index (χ2n) is 7.63. The van der Waals surface area contributed by atoms with Crippen molar-refractivity contribution in [1.29, 1.82) is 0 Å². The van der Waals surface area contributed by atoms with Crippen molar-refractivity contribution in [2.75, 3.05) is 9.62 Å². The number of nitrogens with one attached hydrogen (secondary N) is 1. The molecule has 0 spiro atoms. The molecule has 0 radical (unpaired) electrons. The summed E-state index contributed by atoms with van der Waals surface area (Å²) >= 11 is 6.38. The lowest BCUT2D eigenvalue weighted by Gasteiger charge is -2.26. The second kappa shape index (κ2) is 9.70. The van der Waals surface area contributed by atoms with Crippen molar-refractivity contribution in [3.05, 3.63) is 106 Å². The number of sulfonamides is 1. The maximum absolute atomic E-state index is 13.8. The Hall–Kier alpha value is -3.62. The van der Waals surface area contributed by atoms with Crippen molar-refractivity contribution in [2.24, 2.45) is 0 Å². The molecule has 0 fully saturated rings. The van der Waals surface area contributed by atoms with Crippen LogP contribution in [-0.4, -0.2) is 19.5 Å². The molecule has 0 bridgehead atoms. The van der Waals surface area contributed by atoms with Crippen LogP contribution < -0.4 is 9.62 Å². The minimum atomic E-state index is -4.07. The Morgan fingerprint density at radius 1 is 1.00 bits per heavy atom. The number of carbonyl (C=O) groups is 1. The first kappa shape index (κ1) is 23.5. The smallest absolute Gasteiger partial charge is 0.264 e. The predicted molar refractivity (Wildman–Crippen MR) is 132 cm³/mol. The standard InChI is InChI=1S/C25H22ClN3O4S/c1-17-24(18(2)33-28-17)27-25(30)20-11-8-12-21(15-20)34(31,32)29(16-19-9-4-3-5-10-19)23-14-7-6-13-22(23)26/h3-15H,16H2,1-2H3,(H,27,30). The summed E-state index contributed by atoms with van der Waals surface area (Å²) in [5.74, 6) is -0.0128. The summed E-state index contributed by atoms with van der Waals surface area (Å²) in [6.45, 7) is 3.46. The Morgan fingerprint density at radius 2 is 1.71 bits per heavy atom. The van der Waals surface area contributed by atoms with Crippen LogP contribution in [0.4, 0.5) is 11.4 Å². The van der Waals surface area contributed by atoms with E-state index in [-0.39, 0.29) is 17.0 Å². The number of anilines is 2. The molecule has 0 aliphatic carbocycles. The molecular formula is C25H22ClN3O4S. The molecule has 4 aromatic rings. The van der Waals surface area contributed by atoms with E-state index < -0.39 is 15.9 Å². The summed E-state index contributed by atoms with van der Waals surface area (Å²) in [7, 11) is -4.07. The topological polar surface area (TPSA) is 92.5 Å². The number of aromatic nitrogens is 1. The quantitative estimate of drug-likeness (QED) is 0.360. The monoisotopic (exact) mass is 495 g/mol. The van der Waals surface area contributed by atoms with Gasteiger partial charge in [0.2, 0.25) is 0 Å². The highest BCUT2D eigenvalue weighted by Gasteiger charge is 2.28. The molecule has 7 nitrogen and oxygen atoms in total. The van der Waals surface area contributed by atoms with E-state index >= 15 is 0 Å². The maximum Gasteiger partial charge on any atom is 0.264 e. The van der Waals surface area contributed by atoms with Crippen LogP contribution in [0.1, 0.15) is 27.4 Å². The molecule has 3 aromatic carbocycles. The fourth-order valence-electron chi connectivity index (χ4n) is 3.48. The van der Waals surface area contributed by atoms with Crippen molar-refractivity contribution < 1.29 is 17.7 Å². The Morgan fingerprint density at radius 3 is 2.38 bits per heavy atom. The number of amides is 1. The minimum absolute atomic E-state index is 0.0326. The first-order valence-corrected chi connectivity index (χ1v) is 12.2. The van der Waals surface area contributed by atoms with Gasteiger partial charge in [0.1, 0.15) is 11.4 Å². The Bertz CT molecular complexity index is 1420. The van der Waals surface area contributed by atoms with E-state index in [2.05, 4.69) is 10.5 Å². The highest BCUT2D eigenvalue weighted by Crippen LogP contribution is 2.32. The van der Waals surface area contributed by atoms with E-state index in [0.29, 0.717) is 27.9 Å². The van der Waals surface area contributed by atoms with Gasteiger partial charge in [-0.05, 0) is 49.7 Å². The lowest BCUT2D eigenvalue weighted by Crippen LogP contribution is -2.31. The lowest BCUT2D eigenvalue weighted by molar-refractivity contribution is 0.102. The van der Waals surface area contributed by atoms with Crippen molar-refractivity contribution >= 4 is 38.9 Å². The maximum atomic E-state index is 13.8. The van der Waals surface area contributed by atoms with Crippen molar-refractivity contribution in [3.63, 3.8) is 0 Å². The molecule has 0 saturated heterocycles. The van der Waals surface area contributed by atoms with Crippen LogP contribution in [0, 0.1) is 13.8 Å². The van der Waals surface area contributed by atoms with Gasteiger partial charge < -0.3 is 9.84 Å². The van der Waals surface area contributed by atoms with Gasteiger partial charge in [0.05, 0.1) is 22.2 Å². The van der Waals surface area contributed by atoms with Gasteiger partial charge in [0.15, 0.2) is 5.76 Å². The van der Waals surface area contributed by atoms with Crippen LogP contribution in [0.2, 0.25) is 5.02 Å². The number of para-hydroxylation sites is 1. The number of carbonyl (C=O) groups excluding carboxylic acids is 1.